The van der Waals surface area contributed by atoms with E-state index >= 15 is 0 Å². The number of hydrogen-bond donors (Lipinski definition) is 1. The molecule has 108 valence electrons. The minimum atomic E-state index is -4.56. The van der Waals surface area contributed by atoms with Crippen molar-refractivity contribution in [3.63, 3.8) is 0 Å². The van der Waals surface area contributed by atoms with Crippen LogP contribution in [0.4, 0.5) is 19.0 Å². The van der Waals surface area contributed by atoms with Gasteiger partial charge in [-0.2, -0.15) is 18.3 Å². The molecule has 0 saturated carbocycles. The topological polar surface area (TPSA) is 55.6 Å². The van der Waals surface area contributed by atoms with Gasteiger partial charge >= 0.3 is 6.18 Å². The second kappa shape index (κ2) is 5.66. The highest BCUT2D eigenvalue weighted by molar-refractivity contribution is 6.28. The van der Waals surface area contributed by atoms with Crippen LogP contribution in [0.3, 0.4) is 0 Å². The van der Waals surface area contributed by atoms with E-state index in [1.165, 1.54) is 0 Å². The van der Waals surface area contributed by atoms with Gasteiger partial charge in [0.05, 0.1) is 6.54 Å². The van der Waals surface area contributed by atoms with Crippen LogP contribution in [-0.4, -0.2) is 25.8 Å². The van der Waals surface area contributed by atoms with Crippen LogP contribution in [-0.2, 0) is 12.7 Å². The number of hydrogen-bond acceptors (Lipinski definition) is 4. The lowest BCUT2D eigenvalue weighted by Gasteiger charge is -2.15. The maximum atomic E-state index is 12.6. The van der Waals surface area contributed by atoms with Crippen LogP contribution in [0.15, 0.2) is 24.5 Å². The molecule has 1 N–H and O–H groups in total. The molecule has 0 aliphatic rings. The van der Waals surface area contributed by atoms with Crippen LogP contribution in [0, 0.1) is 0 Å². The van der Waals surface area contributed by atoms with Crippen molar-refractivity contribution < 1.29 is 13.2 Å². The van der Waals surface area contributed by atoms with Gasteiger partial charge in [0.25, 0.3) is 0 Å². The fourth-order valence-corrected chi connectivity index (χ4v) is 1.81. The molecule has 2 rings (SSSR count). The molecular formula is C11H11ClF3N5. The Labute approximate surface area is 117 Å². The van der Waals surface area contributed by atoms with Gasteiger partial charge in [-0.05, 0) is 24.6 Å². The van der Waals surface area contributed by atoms with Gasteiger partial charge in [0.1, 0.15) is 5.82 Å². The molecule has 0 aliphatic carbocycles. The third-order valence-electron chi connectivity index (χ3n) is 2.40. The van der Waals surface area contributed by atoms with E-state index in [0.717, 1.165) is 6.07 Å². The Kier molecular flexibility index (Phi) is 4.12. The third-order valence-corrected chi connectivity index (χ3v) is 2.57. The summed E-state index contributed by atoms with van der Waals surface area (Å²) in [4.78, 5) is 6.89. The largest absolute Gasteiger partial charge is 0.433 e. The zero-order chi connectivity index (χ0) is 14.8. The van der Waals surface area contributed by atoms with Gasteiger partial charge in [-0.15, -0.1) is 0 Å². The third kappa shape index (κ3) is 3.83. The molecule has 5 nitrogen and oxygen atoms in total. The van der Waals surface area contributed by atoms with E-state index in [1.807, 2.05) is 0 Å². The Morgan fingerprint density at radius 3 is 2.75 bits per heavy atom. The quantitative estimate of drug-likeness (QED) is 0.883. The Balaban J connectivity index is 2.11. The Morgan fingerprint density at radius 1 is 1.40 bits per heavy atom. The Morgan fingerprint density at radius 2 is 2.15 bits per heavy atom. The number of nitrogens with one attached hydrogen (secondary N) is 1. The van der Waals surface area contributed by atoms with E-state index < -0.39 is 17.2 Å². The van der Waals surface area contributed by atoms with Crippen LogP contribution >= 0.6 is 11.6 Å². The number of nitrogens with zero attached hydrogens (tertiary/aromatic N) is 4. The zero-order valence-electron chi connectivity index (χ0n) is 10.4. The maximum Gasteiger partial charge on any atom is 0.433 e. The van der Waals surface area contributed by atoms with Gasteiger partial charge in [-0.3, -0.25) is 4.68 Å². The van der Waals surface area contributed by atoms with Crippen LogP contribution in [0.5, 0.6) is 0 Å². The number of aromatic nitrogens is 4. The van der Waals surface area contributed by atoms with Crippen molar-refractivity contribution in [2.75, 3.05) is 5.32 Å². The van der Waals surface area contributed by atoms with Gasteiger partial charge in [0.15, 0.2) is 5.69 Å². The summed E-state index contributed by atoms with van der Waals surface area (Å²) in [5.74, 6) is 0.0250. The molecule has 1 unspecified atom stereocenters. The molecule has 0 amide bonds. The van der Waals surface area contributed by atoms with Gasteiger partial charge in [0, 0.05) is 24.5 Å². The van der Waals surface area contributed by atoms with Crippen molar-refractivity contribution in [1.29, 1.82) is 0 Å². The smallest absolute Gasteiger partial charge is 0.366 e. The Hall–Kier alpha value is -1.83. The van der Waals surface area contributed by atoms with Crippen molar-refractivity contribution in [1.82, 2.24) is 19.7 Å². The molecule has 0 fully saturated rings. The SMILES string of the molecule is CC(Cn1cccn1)Nc1cc(C(F)(F)F)nc(Cl)n1. The van der Waals surface area contributed by atoms with Crippen molar-refractivity contribution in [2.45, 2.75) is 25.7 Å². The molecule has 0 saturated heterocycles. The van der Waals surface area contributed by atoms with Crippen molar-refractivity contribution in [2.24, 2.45) is 0 Å². The average molecular weight is 306 g/mol. The number of rotatable bonds is 4. The summed E-state index contributed by atoms with van der Waals surface area (Å²) < 4.78 is 39.5. The standard InChI is InChI=1S/C11H11ClF3N5/c1-7(6-20-4-2-3-16-20)17-9-5-8(11(13,14)15)18-10(12)19-9/h2-5,7H,6H2,1H3,(H,17,18,19). The summed E-state index contributed by atoms with van der Waals surface area (Å²) >= 11 is 5.50. The van der Waals surface area contributed by atoms with Gasteiger partial charge in [-0.25, -0.2) is 9.97 Å². The molecule has 2 aromatic rings. The van der Waals surface area contributed by atoms with Crippen LogP contribution in [0.2, 0.25) is 5.28 Å². The van der Waals surface area contributed by atoms with Gasteiger partial charge < -0.3 is 5.32 Å². The zero-order valence-corrected chi connectivity index (χ0v) is 11.2. The van der Waals surface area contributed by atoms with Gasteiger partial charge in [-0.1, -0.05) is 0 Å². The van der Waals surface area contributed by atoms with Gasteiger partial charge in [0.2, 0.25) is 5.28 Å². The van der Waals surface area contributed by atoms with Crippen molar-refractivity contribution in [3.8, 4) is 0 Å². The fourth-order valence-electron chi connectivity index (χ4n) is 1.62. The molecule has 2 heterocycles. The highest BCUT2D eigenvalue weighted by Gasteiger charge is 2.33. The Bertz CT molecular complexity index is 570. The molecule has 0 bridgehead atoms. The summed E-state index contributed by atoms with van der Waals surface area (Å²) in [5, 5.41) is 6.40. The lowest BCUT2D eigenvalue weighted by molar-refractivity contribution is -0.141. The minimum absolute atomic E-state index is 0.0250. The fraction of sp³-hybridized carbons (Fsp3) is 0.364. The van der Waals surface area contributed by atoms with E-state index in [2.05, 4.69) is 20.4 Å². The second-order valence-electron chi connectivity index (χ2n) is 4.18. The van der Waals surface area contributed by atoms with E-state index in [4.69, 9.17) is 11.6 Å². The second-order valence-corrected chi connectivity index (χ2v) is 4.52. The predicted octanol–water partition coefficient (Wildman–Crippen LogP) is 2.85. The summed E-state index contributed by atoms with van der Waals surface area (Å²) in [6.45, 7) is 2.28. The first-order chi connectivity index (χ1) is 9.34. The number of alkyl halides is 3. The number of anilines is 1. The van der Waals surface area contributed by atoms with Crippen LogP contribution in [0.1, 0.15) is 12.6 Å². The molecule has 0 radical (unpaired) electrons. The van der Waals surface area contributed by atoms with Crippen LogP contribution in [0.25, 0.3) is 0 Å². The molecular weight excluding hydrogens is 295 g/mol. The van der Waals surface area contributed by atoms with E-state index in [1.54, 1.807) is 30.1 Å². The van der Waals surface area contributed by atoms with Crippen molar-refractivity contribution in [3.05, 3.63) is 35.5 Å². The molecule has 1 atom stereocenters. The molecule has 2 aromatic heterocycles. The first-order valence-electron chi connectivity index (χ1n) is 5.70. The molecule has 0 aliphatic heterocycles. The average Bonchev–Trinajstić information content (AvgIpc) is 2.79. The molecule has 0 spiro atoms. The lowest BCUT2D eigenvalue weighted by atomic mass is 10.3. The van der Waals surface area contributed by atoms with Crippen molar-refractivity contribution >= 4 is 17.4 Å². The summed E-state index contributed by atoms with van der Waals surface area (Å²) in [7, 11) is 0. The first-order valence-corrected chi connectivity index (χ1v) is 6.08. The number of halogens is 4. The summed E-state index contributed by atoms with van der Waals surface area (Å²) in [5.41, 5.74) is -1.08. The van der Waals surface area contributed by atoms with E-state index in [0.29, 0.717) is 6.54 Å². The normalized spacial score (nSPS) is 13.2. The highest BCUT2D eigenvalue weighted by Crippen LogP contribution is 2.29. The first kappa shape index (κ1) is 14.6. The molecule has 20 heavy (non-hydrogen) atoms. The highest BCUT2D eigenvalue weighted by atomic mass is 35.5. The maximum absolute atomic E-state index is 12.6. The minimum Gasteiger partial charge on any atom is -0.366 e. The predicted molar refractivity (Wildman–Crippen MR) is 67.4 cm³/mol. The molecule has 9 heteroatoms. The van der Waals surface area contributed by atoms with E-state index in [9.17, 15) is 13.2 Å². The molecule has 0 aromatic carbocycles. The van der Waals surface area contributed by atoms with Crippen LogP contribution < -0.4 is 5.32 Å². The summed E-state index contributed by atoms with van der Waals surface area (Å²) in [6.07, 6.45) is -1.18. The van der Waals surface area contributed by atoms with E-state index in [-0.39, 0.29) is 11.9 Å². The lowest BCUT2D eigenvalue weighted by Crippen LogP contribution is -2.23. The summed E-state index contributed by atoms with van der Waals surface area (Å²) in [6, 6.07) is 2.41. The monoisotopic (exact) mass is 305 g/mol.